The standard InChI is InChI=1S/C21H27F3N4O3/c22-21(23,24)14-25-18(29)17-6-5-13-28(17)20(31)26-16-9-7-15(8-10-16)19(30)27-11-3-1-2-4-12-27/h7-10,17H,1-6,11-14H2,(H,25,29)(H,26,31). The lowest BCUT2D eigenvalue weighted by Crippen LogP contribution is -2.49. The van der Waals surface area contributed by atoms with E-state index >= 15 is 0 Å². The van der Waals surface area contributed by atoms with Crippen LogP contribution in [0, 0.1) is 0 Å². The third kappa shape index (κ3) is 6.35. The molecule has 1 aromatic carbocycles. The van der Waals surface area contributed by atoms with Gasteiger partial charge in [-0.15, -0.1) is 0 Å². The number of anilines is 1. The zero-order valence-electron chi connectivity index (χ0n) is 17.2. The van der Waals surface area contributed by atoms with E-state index < -0.39 is 30.7 Å². The van der Waals surface area contributed by atoms with Crippen LogP contribution in [0.4, 0.5) is 23.7 Å². The number of carbonyl (C=O) groups excluding carboxylic acids is 3. The van der Waals surface area contributed by atoms with Crippen molar-refractivity contribution in [2.45, 2.75) is 50.7 Å². The summed E-state index contributed by atoms with van der Waals surface area (Å²) in [5.41, 5.74) is 0.976. The van der Waals surface area contributed by atoms with Crippen molar-refractivity contribution in [3.05, 3.63) is 29.8 Å². The predicted molar refractivity (Wildman–Crippen MR) is 109 cm³/mol. The summed E-state index contributed by atoms with van der Waals surface area (Å²) in [6.45, 7) is 0.333. The zero-order valence-corrected chi connectivity index (χ0v) is 17.2. The van der Waals surface area contributed by atoms with Crippen molar-refractivity contribution in [1.29, 1.82) is 0 Å². The maximum atomic E-state index is 12.7. The Morgan fingerprint density at radius 3 is 2.19 bits per heavy atom. The zero-order chi connectivity index (χ0) is 22.4. The molecule has 0 bridgehead atoms. The average Bonchev–Trinajstić information content (AvgIpc) is 3.07. The van der Waals surface area contributed by atoms with Crippen LogP contribution in [-0.4, -0.2) is 66.0 Å². The van der Waals surface area contributed by atoms with E-state index in [1.165, 1.54) is 4.90 Å². The van der Waals surface area contributed by atoms with E-state index in [0.717, 1.165) is 38.8 Å². The Bertz CT molecular complexity index is 790. The van der Waals surface area contributed by atoms with Crippen LogP contribution in [0.2, 0.25) is 0 Å². The molecule has 7 nitrogen and oxygen atoms in total. The van der Waals surface area contributed by atoms with Gasteiger partial charge in [-0.2, -0.15) is 13.2 Å². The SMILES string of the molecule is O=C(NCC(F)(F)F)C1CCCN1C(=O)Nc1ccc(C(=O)N2CCCCCC2)cc1. The van der Waals surface area contributed by atoms with Crippen LogP contribution in [0.3, 0.4) is 0 Å². The number of carbonyl (C=O) groups is 3. The van der Waals surface area contributed by atoms with E-state index in [0.29, 0.717) is 24.1 Å². The first-order chi connectivity index (χ1) is 14.7. The second-order valence-electron chi connectivity index (χ2n) is 7.90. The number of likely N-dealkylation sites (tertiary alicyclic amines) is 2. The number of nitrogens with zero attached hydrogens (tertiary/aromatic N) is 2. The topological polar surface area (TPSA) is 81.8 Å². The minimum Gasteiger partial charge on any atom is -0.345 e. The van der Waals surface area contributed by atoms with Gasteiger partial charge in [0.15, 0.2) is 0 Å². The molecule has 2 heterocycles. The van der Waals surface area contributed by atoms with Gasteiger partial charge in [0.25, 0.3) is 5.91 Å². The molecule has 3 rings (SSSR count). The van der Waals surface area contributed by atoms with Crippen molar-refractivity contribution >= 4 is 23.5 Å². The van der Waals surface area contributed by atoms with Crippen molar-refractivity contribution in [3.8, 4) is 0 Å². The smallest absolute Gasteiger partial charge is 0.345 e. The number of hydrogen-bond acceptors (Lipinski definition) is 3. The van der Waals surface area contributed by atoms with Crippen molar-refractivity contribution < 1.29 is 27.6 Å². The first-order valence-electron chi connectivity index (χ1n) is 10.6. The fraction of sp³-hybridized carbons (Fsp3) is 0.571. The molecule has 0 saturated carbocycles. The quantitative estimate of drug-likeness (QED) is 0.753. The number of amides is 4. The normalized spacial score (nSPS) is 19.6. The van der Waals surface area contributed by atoms with E-state index in [1.807, 2.05) is 10.2 Å². The molecule has 4 amide bonds. The lowest BCUT2D eigenvalue weighted by Gasteiger charge is -2.24. The molecule has 2 N–H and O–H groups in total. The molecule has 2 saturated heterocycles. The van der Waals surface area contributed by atoms with E-state index in [4.69, 9.17) is 0 Å². The molecule has 31 heavy (non-hydrogen) atoms. The maximum Gasteiger partial charge on any atom is 0.405 e. The first-order valence-corrected chi connectivity index (χ1v) is 10.6. The Morgan fingerprint density at radius 1 is 0.935 bits per heavy atom. The third-order valence-electron chi connectivity index (χ3n) is 5.56. The van der Waals surface area contributed by atoms with Crippen LogP contribution >= 0.6 is 0 Å². The van der Waals surface area contributed by atoms with Gasteiger partial charge in [-0.1, -0.05) is 12.8 Å². The number of rotatable bonds is 4. The highest BCUT2D eigenvalue weighted by Gasteiger charge is 2.36. The highest BCUT2D eigenvalue weighted by molar-refractivity contribution is 5.96. The lowest BCUT2D eigenvalue weighted by atomic mass is 10.1. The Balaban J connectivity index is 1.57. The van der Waals surface area contributed by atoms with Crippen molar-refractivity contribution in [3.63, 3.8) is 0 Å². The molecule has 10 heteroatoms. The maximum absolute atomic E-state index is 12.7. The van der Waals surface area contributed by atoms with Crippen LogP contribution in [-0.2, 0) is 4.79 Å². The molecule has 0 aromatic heterocycles. The van der Waals surface area contributed by atoms with E-state index in [9.17, 15) is 27.6 Å². The van der Waals surface area contributed by atoms with E-state index in [-0.39, 0.29) is 12.5 Å². The van der Waals surface area contributed by atoms with Crippen LogP contribution in [0.5, 0.6) is 0 Å². The Hall–Kier alpha value is -2.78. The van der Waals surface area contributed by atoms with Crippen LogP contribution in [0.25, 0.3) is 0 Å². The monoisotopic (exact) mass is 440 g/mol. The van der Waals surface area contributed by atoms with Gasteiger partial charge in [0.05, 0.1) is 0 Å². The lowest BCUT2D eigenvalue weighted by molar-refractivity contribution is -0.140. The van der Waals surface area contributed by atoms with Gasteiger partial charge in [-0.25, -0.2) is 4.79 Å². The average molecular weight is 440 g/mol. The van der Waals surface area contributed by atoms with Gasteiger partial charge in [0.2, 0.25) is 5.91 Å². The van der Waals surface area contributed by atoms with Gasteiger partial charge in [0.1, 0.15) is 12.6 Å². The molecule has 1 unspecified atom stereocenters. The summed E-state index contributed by atoms with van der Waals surface area (Å²) >= 11 is 0. The molecule has 2 fully saturated rings. The molecule has 1 aromatic rings. The molecular formula is C21H27F3N4O3. The predicted octanol–water partition coefficient (Wildman–Crippen LogP) is 3.38. The summed E-state index contributed by atoms with van der Waals surface area (Å²) in [4.78, 5) is 40.4. The highest BCUT2D eigenvalue weighted by Crippen LogP contribution is 2.21. The molecule has 0 radical (unpaired) electrons. The molecule has 170 valence electrons. The number of urea groups is 1. The van der Waals surface area contributed by atoms with Gasteiger partial charge in [-0.3, -0.25) is 9.59 Å². The third-order valence-corrected chi connectivity index (χ3v) is 5.56. The summed E-state index contributed by atoms with van der Waals surface area (Å²) < 4.78 is 37.0. The number of alkyl halides is 3. The Kier molecular flexibility index (Phi) is 7.40. The molecule has 2 aliphatic heterocycles. The first kappa shape index (κ1) is 22.9. The largest absolute Gasteiger partial charge is 0.405 e. The van der Waals surface area contributed by atoms with E-state index in [1.54, 1.807) is 24.3 Å². The Morgan fingerprint density at radius 2 is 1.58 bits per heavy atom. The fourth-order valence-electron chi connectivity index (χ4n) is 3.94. The number of benzene rings is 1. The minimum absolute atomic E-state index is 0.0410. The molecular weight excluding hydrogens is 413 g/mol. The molecule has 2 aliphatic rings. The second kappa shape index (κ2) is 10.0. The van der Waals surface area contributed by atoms with Gasteiger partial charge in [-0.05, 0) is 49.9 Å². The summed E-state index contributed by atoms with van der Waals surface area (Å²) in [5.74, 6) is -0.857. The summed E-state index contributed by atoms with van der Waals surface area (Å²) in [6.07, 6.45) is 0.566. The molecule has 0 spiro atoms. The van der Waals surface area contributed by atoms with Gasteiger partial charge in [0, 0.05) is 30.9 Å². The molecule has 1 atom stereocenters. The molecule has 0 aliphatic carbocycles. The minimum atomic E-state index is -4.51. The number of hydrogen-bond donors (Lipinski definition) is 2. The Labute approximate surface area is 178 Å². The summed E-state index contributed by atoms with van der Waals surface area (Å²) in [7, 11) is 0. The van der Waals surface area contributed by atoms with Crippen molar-refractivity contribution in [1.82, 2.24) is 15.1 Å². The number of halogens is 3. The van der Waals surface area contributed by atoms with Crippen molar-refractivity contribution in [2.24, 2.45) is 0 Å². The highest BCUT2D eigenvalue weighted by atomic mass is 19.4. The fourth-order valence-corrected chi connectivity index (χ4v) is 3.94. The van der Waals surface area contributed by atoms with E-state index in [2.05, 4.69) is 5.32 Å². The van der Waals surface area contributed by atoms with Crippen LogP contribution in [0.1, 0.15) is 48.9 Å². The number of nitrogens with one attached hydrogen (secondary N) is 2. The van der Waals surface area contributed by atoms with Gasteiger partial charge < -0.3 is 20.4 Å². The summed E-state index contributed by atoms with van der Waals surface area (Å²) in [6, 6.07) is 5.00. The van der Waals surface area contributed by atoms with Crippen LogP contribution in [0.15, 0.2) is 24.3 Å². The van der Waals surface area contributed by atoms with Crippen LogP contribution < -0.4 is 10.6 Å². The second-order valence-corrected chi connectivity index (χ2v) is 7.90. The summed E-state index contributed by atoms with van der Waals surface area (Å²) in [5, 5.41) is 4.50. The van der Waals surface area contributed by atoms with Crippen molar-refractivity contribution in [2.75, 3.05) is 31.5 Å². The van der Waals surface area contributed by atoms with Gasteiger partial charge >= 0.3 is 12.2 Å².